The van der Waals surface area contributed by atoms with Crippen molar-refractivity contribution in [3.05, 3.63) is 39.0 Å². The van der Waals surface area contributed by atoms with Crippen molar-refractivity contribution >= 4 is 17.7 Å². The second-order valence-electron chi connectivity index (χ2n) is 2.81. The van der Waals surface area contributed by atoms with Crippen molar-refractivity contribution in [2.45, 2.75) is 0 Å². The van der Waals surface area contributed by atoms with Gasteiger partial charge < -0.3 is 9.47 Å². The summed E-state index contributed by atoms with van der Waals surface area (Å²) in [4.78, 5) is 9.62. The quantitative estimate of drug-likeness (QED) is 0.602. The van der Waals surface area contributed by atoms with Crippen LogP contribution in [0.1, 0.15) is 5.56 Å². The van der Waals surface area contributed by atoms with Crippen LogP contribution in [0.25, 0.3) is 6.08 Å². The molecule has 0 radical (unpaired) electrons. The van der Waals surface area contributed by atoms with Crippen LogP contribution in [0.3, 0.4) is 0 Å². The maximum atomic E-state index is 10.2. The predicted octanol–water partition coefficient (Wildman–Crippen LogP) is 2.60. The molecule has 0 heterocycles. The highest BCUT2D eigenvalue weighted by molar-refractivity contribution is 6.33. The summed E-state index contributed by atoms with van der Waals surface area (Å²) in [6, 6.07) is 3.24. The molecule has 0 N–H and O–H groups in total. The average Bonchev–Trinajstić information content (AvgIpc) is 2.26. The van der Waals surface area contributed by atoms with E-state index in [1.807, 2.05) is 0 Å². The number of rotatable bonds is 4. The van der Waals surface area contributed by atoms with Gasteiger partial charge in [-0.05, 0) is 12.1 Å². The lowest BCUT2D eigenvalue weighted by Gasteiger charge is -2.10. The summed E-state index contributed by atoms with van der Waals surface area (Å²) >= 11 is 6.00. The van der Waals surface area contributed by atoms with Gasteiger partial charge in [-0.25, -0.2) is 0 Å². The van der Waals surface area contributed by atoms with Crippen LogP contribution in [-0.4, -0.2) is 19.1 Å². The van der Waals surface area contributed by atoms with Crippen LogP contribution in [0, 0.1) is 10.1 Å². The van der Waals surface area contributed by atoms with Gasteiger partial charge in [-0.15, -0.1) is 0 Å². The number of nitrogens with zero attached hydrogens (tertiary/aromatic N) is 1. The molecule has 0 fully saturated rings. The number of hydrogen-bond acceptors (Lipinski definition) is 4. The van der Waals surface area contributed by atoms with Crippen molar-refractivity contribution in [1.29, 1.82) is 0 Å². The van der Waals surface area contributed by atoms with Crippen molar-refractivity contribution in [2.75, 3.05) is 14.2 Å². The van der Waals surface area contributed by atoms with E-state index in [1.54, 1.807) is 12.1 Å². The Labute approximate surface area is 97.4 Å². The highest BCUT2D eigenvalue weighted by atomic mass is 35.5. The van der Waals surface area contributed by atoms with Crippen molar-refractivity contribution in [1.82, 2.24) is 0 Å². The van der Waals surface area contributed by atoms with E-state index in [4.69, 9.17) is 21.1 Å². The van der Waals surface area contributed by atoms with Gasteiger partial charge >= 0.3 is 0 Å². The number of benzene rings is 1. The molecule has 1 aromatic rings. The zero-order chi connectivity index (χ0) is 12.1. The van der Waals surface area contributed by atoms with E-state index in [-0.39, 0.29) is 5.02 Å². The fourth-order valence-corrected chi connectivity index (χ4v) is 1.47. The summed E-state index contributed by atoms with van der Waals surface area (Å²) < 4.78 is 10.1. The van der Waals surface area contributed by atoms with E-state index in [2.05, 4.69) is 0 Å². The number of hydrogen-bond donors (Lipinski definition) is 0. The molecule has 6 heteroatoms. The van der Waals surface area contributed by atoms with E-state index >= 15 is 0 Å². The van der Waals surface area contributed by atoms with Gasteiger partial charge in [0.15, 0.2) is 11.5 Å². The Balaban J connectivity index is 3.18. The van der Waals surface area contributed by atoms with Crippen LogP contribution < -0.4 is 9.47 Å². The van der Waals surface area contributed by atoms with Crippen LogP contribution >= 0.6 is 11.6 Å². The highest BCUT2D eigenvalue weighted by Crippen LogP contribution is 2.37. The molecule has 0 aromatic heterocycles. The fourth-order valence-electron chi connectivity index (χ4n) is 1.17. The fraction of sp³-hybridized carbons (Fsp3) is 0.200. The lowest BCUT2D eigenvalue weighted by atomic mass is 10.2. The van der Waals surface area contributed by atoms with E-state index in [1.165, 1.54) is 20.3 Å². The third-order valence-electron chi connectivity index (χ3n) is 1.89. The minimum atomic E-state index is -0.562. The highest BCUT2D eigenvalue weighted by Gasteiger charge is 2.11. The van der Waals surface area contributed by atoms with Crippen LogP contribution in [0.15, 0.2) is 18.3 Å². The van der Waals surface area contributed by atoms with Crippen LogP contribution in [0.4, 0.5) is 0 Å². The number of ether oxygens (including phenoxy) is 2. The molecular formula is C10H10ClNO4. The molecule has 0 unspecified atom stereocenters. The maximum Gasteiger partial charge on any atom is 0.235 e. The Kier molecular flexibility index (Phi) is 4.13. The average molecular weight is 244 g/mol. The molecule has 0 spiro atoms. The summed E-state index contributed by atoms with van der Waals surface area (Å²) in [5.74, 6) is 0.834. The van der Waals surface area contributed by atoms with Gasteiger partial charge in [-0.1, -0.05) is 11.6 Å². The summed E-state index contributed by atoms with van der Waals surface area (Å²) in [5.41, 5.74) is 0.496. The summed E-state index contributed by atoms with van der Waals surface area (Å²) in [5, 5.41) is 10.5. The first-order chi connectivity index (χ1) is 7.60. The molecule has 16 heavy (non-hydrogen) atoms. The second-order valence-corrected chi connectivity index (χ2v) is 3.18. The first-order valence-corrected chi connectivity index (χ1v) is 4.70. The van der Waals surface area contributed by atoms with Gasteiger partial charge in [-0.2, -0.15) is 0 Å². The molecule has 0 saturated heterocycles. The normalized spacial score (nSPS) is 10.4. The van der Waals surface area contributed by atoms with Crippen molar-refractivity contribution < 1.29 is 14.4 Å². The monoisotopic (exact) mass is 243 g/mol. The smallest absolute Gasteiger partial charge is 0.235 e. The molecule has 0 amide bonds. The molecule has 1 aromatic carbocycles. The zero-order valence-electron chi connectivity index (χ0n) is 8.77. The predicted molar refractivity (Wildman–Crippen MR) is 60.6 cm³/mol. The minimum Gasteiger partial charge on any atom is -0.493 e. The van der Waals surface area contributed by atoms with Gasteiger partial charge in [-0.3, -0.25) is 10.1 Å². The standard InChI is InChI=1S/C10H10ClNO4/c1-15-8-4-3-7(5-6-12(13)14)9(11)10(8)16-2/h3-6H,1-2H3/b6-5+. The molecule has 1 rings (SSSR count). The number of halogens is 1. The van der Waals surface area contributed by atoms with Crippen molar-refractivity contribution in [3.63, 3.8) is 0 Å². The molecule has 86 valence electrons. The topological polar surface area (TPSA) is 61.6 Å². The summed E-state index contributed by atoms with van der Waals surface area (Å²) in [6.45, 7) is 0. The third-order valence-corrected chi connectivity index (χ3v) is 2.28. The van der Waals surface area contributed by atoms with Gasteiger partial charge in [0, 0.05) is 11.6 Å². The van der Waals surface area contributed by atoms with E-state index in [0.29, 0.717) is 17.1 Å². The van der Waals surface area contributed by atoms with Crippen LogP contribution in [0.5, 0.6) is 11.5 Å². The number of methoxy groups -OCH3 is 2. The van der Waals surface area contributed by atoms with Crippen molar-refractivity contribution in [2.24, 2.45) is 0 Å². The third kappa shape index (κ3) is 2.64. The number of nitro groups is 1. The van der Waals surface area contributed by atoms with Crippen molar-refractivity contribution in [3.8, 4) is 11.5 Å². The Morgan fingerprint density at radius 3 is 2.56 bits per heavy atom. The molecule has 0 aliphatic rings. The molecule has 0 atom stereocenters. The maximum absolute atomic E-state index is 10.2. The Hall–Kier alpha value is -1.75. The van der Waals surface area contributed by atoms with E-state index < -0.39 is 4.92 Å². The molecule has 0 aliphatic carbocycles. The minimum absolute atomic E-state index is 0.278. The Morgan fingerprint density at radius 2 is 2.06 bits per heavy atom. The molecule has 5 nitrogen and oxygen atoms in total. The van der Waals surface area contributed by atoms with Crippen LogP contribution in [-0.2, 0) is 0 Å². The Morgan fingerprint density at radius 1 is 1.38 bits per heavy atom. The van der Waals surface area contributed by atoms with Crippen LogP contribution in [0.2, 0.25) is 5.02 Å². The zero-order valence-corrected chi connectivity index (χ0v) is 9.52. The summed E-state index contributed by atoms with van der Waals surface area (Å²) in [7, 11) is 2.94. The molecule has 0 aliphatic heterocycles. The largest absolute Gasteiger partial charge is 0.493 e. The SMILES string of the molecule is COc1ccc(/C=C/[N+](=O)[O-])c(Cl)c1OC. The van der Waals surface area contributed by atoms with Gasteiger partial charge in [0.1, 0.15) is 0 Å². The molecule has 0 saturated carbocycles. The molecular weight excluding hydrogens is 234 g/mol. The lowest BCUT2D eigenvalue weighted by molar-refractivity contribution is -0.400. The first kappa shape index (κ1) is 12.3. The van der Waals surface area contributed by atoms with E-state index in [9.17, 15) is 10.1 Å². The second kappa shape index (κ2) is 5.37. The lowest BCUT2D eigenvalue weighted by Crippen LogP contribution is -1.93. The van der Waals surface area contributed by atoms with E-state index in [0.717, 1.165) is 6.20 Å². The van der Waals surface area contributed by atoms with Gasteiger partial charge in [0.2, 0.25) is 6.20 Å². The Bertz CT molecular complexity index is 431. The van der Waals surface area contributed by atoms with Gasteiger partial charge in [0.05, 0.1) is 24.2 Å². The van der Waals surface area contributed by atoms with Gasteiger partial charge in [0.25, 0.3) is 0 Å². The first-order valence-electron chi connectivity index (χ1n) is 4.32. The summed E-state index contributed by atoms with van der Waals surface area (Å²) in [6.07, 6.45) is 2.11. The molecule has 0 bridgehead atoms.